The van der Waals surface area contributed by atoms with Crippen LogP contribution >= 0.6 is 34.7 Å². The van der Waals surface area contributed by atoms with Gasteiger partial charge in [-0.3, -0.25) is 4.79 Å². The zero-order valence-electron chi connectivity index (χ0n) is 14.1. The molecule has 0 saturated carbocycles. The predicted molar refractivity (Wildman–Crippen MR) is 109 cm³/mol. The Kier molecular flexibility index (Phi) is 5.51. The molecule has 0 saturated heterocycles. The first-order valence-corrected chi connectivity index (χ1v) is 9.81. The SMILES string of the molecule is CC(Sc1nc2cc(Cl)ccc2s1)C(=O)Nc1ccc(N(C)C)cc1. The lowest BCUT2D eigenvalue weighted by atomic mass is 10.2. The lowest BCUT2D eigenvalue weighted by Gasteiger charge is -2.14. The van der Waals surface area contributed by atoms with Gasteiger partial charge in [0.05, 0.1) is 15.5 Å². The van der Waals surface area contributed by atoms with Gasteiger partial charge in [-0.15, -0.1) is 11.3 Å². The van der Waals surface area contributed by atoms with Crippen molar-refractivity contribution in [1.82, 2.24) is 4.98 Å². The lowest BCUT2D eigenvalue weighted by Crippen LogP contribution is -2.22. The number of nitrogens with one attached hydrogen (secondary N) is 1. The summed E-state index contributed by atoms with van der Waals surface area (Å²) >= 11 is 9.02. The molecule has 7 heteroatoms. The van der Waals surface area contributed by atoms with E-state index in [1.165, 1.54) is 11.8 Å². The minimum absolute atomic E-state index is 0.0418. The third-order valence-electron chi connectivity index (χ3n) is 3.63. The van der Waals surface area contributed by atoms with Crippen molar-refractivity contribution in [2.45, 2.75) is 16.5 Å². The van der Waals surface area contributed by atoms with E-state index in [1.807, 2.05) is 68.4 Å². The zero-order chi connectivity index (χ0) is 18.0. The predicted octanol–water partition coefficient (Wildman–Crippen LogP) is 5.14. The molecular formula is C18H18ClN3OS2. The number of hydrogen-bond donors (Lipinski definition) is 1. The van der Waals surface area contributed by atoms with Gasteiger partial charge in [0.15, 0.2) is 4.34 Å². The van der Waals surface area contributed by atoms with Crippen molar-refractivity contribution in [3.63, 3.8) is 0 Å². The van der Waals surface area contributed by atoms with E-state index in [0.717, 1.165) is 25.9 Å². The molecule has 1 atom stereocenters. The van der Waals surface area contributed by atoms with Crippen LogP contribution in [0.25, 0.3) is 10.2 Å². The molecule has 4 nitrogen and oxygen atoms in total. The number of anilines is 2. The summed E-state index contributed by atoms with van der Waals surface area (Å²) in [4.78, 5) is 19.0. The molecule has 0 aliphatic heterocycles. The second-order valence-electron chi connectivity index (χ2n) is 5.78. The Labute approximate surface area is 160 Å². The fourth-order valence-corrected chi connectivity index (χ4v) is 4.58. The number of rotatable bonds is 5. The third kappa shape index (κ3) is 4.45. The van der Waals surface area contributed by atoms with E-state index in [9.17, 15) is 4.79 Å². The van der Waals surface area contributed by atoms with Crippen LogP contribution in [0.4, 0.5) is 11.4 Å². The molecule has 0 aliphatic carbocycles. The van der Waals surface area contributed by atoms with Gasteiger partial charge in [0.25, 0.3) is 0 Å². The van der Waals surface area contributed by atoms with Crippen LogP contribution in [0.5, 0.6) is 0 Å². The standard InChI is InChI=1S/C18H18ClN3OS2/c1-11(17(23)20-13-5-7-14(8-6-13)22(2)3)24-18-21-15-10-12(19)4-9-16(15)25-18/h4-11H,1-3H3,(H,20,23). The number of carbonyl (C=O) groups is 1. The molecule has 2 aromatic carbocycles. The van der Waals surface area contributed by atoms with Crippen molar-refractivity contribution >= 4 is 62.2 Å². The van der Waals surface area contributed by atoms with E-state index in [4.69, 9.17) is 11.6 Å². The Morgan fingerprint density at radius 2 is 1.96 bits per heavy atom. The van der Waals surface area contributed by atoms with E-state index >= 15 is 0 Å². The van der Waals surface area contributed by atoms with Gasteiger partial charge in [0, 0.05) is 30.5 Å². The van der Waals surface area contributed by atoms with E-state index < -0.39 is 0 Å². The number of halogens is 1. The molecule has 0 radical (unpaired) electrons. The van der Waals surface area contributed by atoms with Crippen LogP contribution < -0.4 is 10.2 Å². The number of nitrogens with zero attached hydrogens (tertiary/aromatic N) is 2. The first kappa shape index (κ1) is 18.0. The summed E-state index contributed by atoms with van der Waals surface area (Å²) < 4.78 is 1.93. The summed E-state index contributed by atoms with van der Waals surface area (Å²) in [6, 6.07) is 13.4. The Bertz CT molecular complexity index is 893. The number of hydrogen-bond acceptors (Lipinski definition) is 5. The molecule has 1 N–H and O–H groups in total. The molecule has 1 amide bonds. The Morgan fingerprint density at radius 3 is 2.64 bits per heavy atom. The Balaban J connectivity index is 1.65. The van der Waals surface area contributed by atoms with Crippen molar-refractivity contribution in [3.05, 3.63) is 47.5 Å². The van der Waals surface area contributed by atoms with E-state index in [2.05, 4.69) is 10.3 Å². The maximum atomic E-state index is 12.4. The summed E-state index contributed by atoms with van der Waals surface area (Å²) in [5, 5.41) is 3.37. The highest BCUT2D eigenvalue weighted by Crippen LogP contribution is 2.33. The van der Waals surface area contributed by atoms with Crippen LogP contribution in [0.3, 0.4) is 0 Å². The van der Waals surface area contributed by atoms with Crippen molar-refractivity contribution in [2.24, 2.45) is 0 Å². The molecule has 0 aliphatic rings. The van der Waals surface area contributed by atoms with Gasteiger partial charge in [-0.05, 0) is 49.4 Å². The fourth-order valence-electron chi connectivity index (χ4n) is 2.22. The summed E-state index contributed by atoms with van der Waals surface area (Å²) in [6.07, 6.45) is 0. The average Bonchev–Trinajstić information content (AvgIpc) is 2.96. The fraction of sp³-hybridized carbons (Fsp3) is 0.222. The van der Waals surface area contributed by atoms with Gasteiger partial charge in [0.2, 0.25) is 5.91 Å². The number of benzene rings is 2. The van der Waals surface area contributed by atoms with Crippen LogP contribution in [0.2, 0.25) is 5.02 Å². The quantitative estimate of drug-likeness (QED) is 0.612. The van der Waals surface area contributed by atoms with Gasteiger partial charge in [-0.2, -0.15) is 0 Å². The molecular weight excluding hydrogens is 374 g/mol. The summed E-state index contributed by atoms with van der Waals surface area (Å²) in [6.45, 7) is 1.88. The second-order valence-corrected chi connectivity index (χ2v) is 8.84. The summed E-state index contributed by atoms with van der Waals surface area (Å²) in [7, 11) is 3.97. The molecule has 130 valence electrons. The van der Waals surface area contributed by atoms with Crippen molar-refractivity contribution in [3.8, 4) is 0 Å². The van der Waals surface area contributed by atoms with Crippen LogP contribution in [0.15, 0.2) is 46.8 Å². The largest absolute Gasteiger partial charge is 0.378 e. The number of carbonyl (C=O) groups excluding carboxylic acids is 1. The summed E-state index contributed by atoms with van der Waals surface area (Å²) in [5.41, 5.74) is 2.75. The normalized spacial score (nSPS) is 12.2. The van der Waals surface area contributed by atoms with Crippen molar-refractivity contribution in [1.29, 1.82) is 0 Å². The maximum absolute atomic E-state index is 12.4. The monoisotopic (exact) mass is 391 g/mol. The molecule has 1 heterocycles. The number of thioether (sulfide) groups is 1. The first-order chi connectivity index (χ1) is 11.9. The zero-order valence-corrected chi connectivity index (χ0v) is 16.5. The van der Waals surface area contributed by atoms with Crippen LogP contribution in [0.1, 0.15) is 6.92 Å². The van der Waals surface area contributed by atoms with Gasteiger partial charge in [-0.1, -0.05) is 23.4 Å². The average molecular weight is 392 g/mol. The van der Waals surface area contributed by atoms with Gasteiger partial charge < -0.3 is 10.2 Å². The number of aromatic nitrogens is 1. The van der Waals surface area contributed by atoms with E-state index in [0.29, 0.717) is 5.02 Å². The molecule has 3 rings (SSSR count). The second kappa shape index (κ2) is 7.64. The minimum Gasteiger partial charge on any atom is -0.378 e. The van der Waals surface area contributed by atoms with Gasteiger partial charge in [0.1, 0.15) is 0 Å². The minimum atomic E-state index is -0.246. The van der Waals surface area contributed by atoms with E-state index in [-0.39, 0.29) is 11.2 Å². The number of amides is 1. The maximum Gasteiger partial charge on any atom is 0.237 e. The number of thiazole rings is 1. The number of fused-ring (bicyclic) bond motifs is 1. The van der Waals surface area contributed by atoms with Crippen LogP contribution in [0, 0.1) is 0 Å². The van der Waals surface area contributed by atoms with Gasteiger partial charge >= 0.3 is 0 Å². The lowest BCUT2D eigenvalue weighted by molar-refractivity contribution is -0.115. The smallest absolute Gasteiger partial charge is 0.237 e. The molecule has 3 aromatic rings. The molecule has 0 bridgehead atoms. The van der Waals surface area contributed by atoms with Gasteiger partial charge in [-0.25, -0.2) is 4.98 Å². The molecule has 0 spiro atoms. The molecule has 1 unspecified atom stereocenters. The molecule has 1 aromatic heterocycles. The Hall–Kier alpha value is -1.76. The first-order valence-electron chi connectivity index (χ1n) is 7.73. The topological polar surface area (TPSA) is 45.2 Å². The molecule has 0 fully saturated rings. The highest BCUT2D eigenvalue weighted by molar-refractivity contribution is 8.02. The van der Waals surface area contributed by atoms with Crippen LogP contribution in [-0.4, -0.2) is 30.2 Å². The molecule has 25 heavy (non-hydrogen) atoms. The van der Waals surface area contributed by atoms with E-state index in [1.54, 1.807) is 11.3 Å². The van der Waals surface area contributed by atoms with Crippen molar-refractivity contribution in [2.75, 3.05) is 24.3 Å². The third-order valence-corrected chi connectivity index (χ3v) is 6.09. The van der Waals surface area contributed by atoms with Crippen LogP contribution in [-0.2, 0) is 4.79 Å². The summed E-state index contributed by atoms with van der Waals surface area (Å²) in [5.74, 6) is -0.0418. The highest BCUT2D eigenvalue weighted by atomic mass is 35.5. The highest BCUT2D eigenvalue weighted by Gasteiger charge is 2.17. The van der Waals surface area contributed by atoms with Crippen molar-refractivity contribution < 1.29 is 4.79 Å². The Morgan fingerprint density at radius 1 is 1.24 bits per heavy atom.